The Morgan fingerprint density at radius 2 is 2.33 bits per heavy atom. The van der Waals surface area contributed by atoms with Gasteiger partial charge in [-0.15, -0.1) is 0 Å². The Labute approximate surface area is 62.2 Å². The van der Waals surface area contributed by atoms with Crippen LogP contribution in [-0.4, -0.2) is 0 Å². The summed E-state index contributed by atoms with van der Waals surface area (Å²) in [7, 11) is 0. The molecule has 9 heavy (non-hydrogen) atoms. The van der Waals surface area contributed by atoms with E-state index in [2.05, 4.69) is 20.4 Å². The normalized spacial score (nSPS) is 15.2. The second-order valence-electron chi connectivity index (χ2n) is 2.10. The van der Waals surface area contributed by atoms with Crippen LogP contribution in [0.3, 0.4) is 0 Å². The van der Waals surface area contributed by atoms with Crippen molar-refractivity contribution >= 4 is 11.6 Å². The Bertz CT molecular complexity index is 114. The highest BCUT2D eigenvalue weighted by molar-refractivity contribution is 6.29. The van der Waals surface area contributed by atoms with Gasteiger partial charge in [0.15, 0.2) is 0 Å². The molecule has 0 bridgehead atoms. The lowest BCUT2D eigenvalue weighted by Crippen LogP contribution is -1.89. The third-order valence-electron chi connectivity index (χ3n) is 1.36. The molecule has 0 aliphatic heterocycles. The maximum absolute atomic E-state index is 5.82. The lowest BCUT2D eigenvalue weighted by molar-refractivity contribution is 0.685. The lowest BCUT2D eigenvalue weighted by Gasteiger charge is -2.03. The molecule has 0 saturated carbocycles. The molecule has 1 heteroatoms. The van der Waals surface area contributed by atoms with Crippen molar-refractivity contribution in [3.8, 4) is 0 Å². The highest BCUT2D eigenvalue weighted by Gasteiger charge is 1.99. The molecule has 0 aromatic carbocycles. The fourth-order valence-corrected chi connectivity index (χ4v) is 0.715. The van der Waals surface area contributed by atoms with Crippen molar-refractivity contribution in [1.82, 2.24) is 0 Å². The standard InChI is InChI=1S/C8H13Cl/c1-4-6-8(9)7(3)5-2/h4,6-7H,1,5H2,2-3H3/b8-6+/t7-/m1/s1. The third kappa shape index (κ3) is 3.36. The van der Waals surface area contributed by atoms with E-state index in [1.165, 1.54) is 0 Å². The number of allylic oxidation sites excluding steroid dienone is 3. The molecule has 52 valence electrons. The molecule has 0 N–H and O–H groups in total. The average Bonchev–Trinajstić information content (AvgIpc) is 1.87. The van der Waals surface area contributed by atoms with Gasteiger partial charge in [0.05, 0.1) is 0 Å². The topological polar surface area (TPSA) is 0 Å². The summed E-state index contributed by atoms with van der Waals surface area (Å²) in [5.41, 5.74) is 0. The van der Waals surface area contributed by atoms with Crippen LogP contribution >= 0.6 is 11.6 Å². The molecule has 0 radical (unpaired) electrons. The molecule has 0 spiro atoms. The zero-order chi connectivity index (χ0) is 7.28. The molecule has 0 aliphatic rings. The van der Waals surface area contributed by atoms with Crippen molar-refractivity contribution in [2.45, 2.75) is 20.3 Å². The first-order valence-corrected chi connectivity index (χ1v) is 3.58. The molecule has 0 aromatic heterocycles. The largest absolute Gasteiger partial charge is 0.0990 e. The van der Waals surface area contributed by atoms with Gasteiger partial charge in [0.1, 0.15) is 0 Å². The minimum Gasteiger partial charge on any atom is -0.0990 e. The summed E-state index contributed by atoms with van der Waals surface area (Å²) in [5.74, 6) is 0.477. The van der Waals surface area contributed by atoms with E-state index in [9.17, 15) is 0 Å². The van der Waals surface area contributed by atoms with Crippen molar-refractivity contribution in [2.24, 2.45) is 5.92 Å². The highest BCUT2D eigenvalue weighted by Crippen LogP contribution is 2.17. The van der Waals surface area contributed by atoms with Crippen LogP contribution in [0.5, 0.6) is 0 Å². The summed E-state index contributed by atoms with van der Waals surface area (Å²) in [6, 6.07) is 0. The molecule has 0 rings (SSSR count). The van der Waals surface area contributed by atoms with Crippen LogP contribution < -0.4 is 0 Å². The van der Waals surface area contributed by atoms with Gasteiger partial charge in [-0.1, -0.05) is 38.1 Å². The zero-order valence-corrected chi connectivity index (χ0v) is 6.78. The van der Waals surface area contributed by atoms with E-state index in [-0.39, 0.29) is 0 Å². The van der Waals surface area contributed by atoms with Gasteiger partial charge in [0.25, 0.3) is 0 Å². The first-order valence-electron chi connectivity index (χ1n) is 3.20. The van der Waals surface area contributed by atoms with Crippen LogP contribution in [0.25, 0.3) is 0 Å². The Morgan fingerprint density at radius 3 is 2.67 bits per heavy atom. The van der Waals surface area contributed by atoms with E-state index >= 15 is 0 Å². The quantitative estimate of drug-likeness (QED) is 0.533. The molecule has 0 unspecified atom stereocenters. The SMILES string of the molecule is C=C/C=C(/Cl)[C@H](C)CC. The Hall–Kier alpha value is -0.230. The van der Waals surface area contributed by atoms with Gasteiger partial charge in [-0.25, -0.2) is 0 Å². The summed E-state index contributed by atoms with van der Waals surface area (Å²) in [5, 5.41) is 0.896. The Balaban J connectivity index is 3.84. The van der Waals surface area contributed by atoms with Gasteiger partial charge in [0.2, 0.25) is 0 Å². The third-order valence-corrected chi connectivity index (χ3v) is 1.86. The highest BCUT2D eigenvalue weighted by atomic mass is 35.5. The molecule has 1 atom stereocenters. The van der Waals surface area contributed by atoms with Crippen LogP contribution in [0.4, 0.5) is 0 Å². The van der Waals surface area contributed by atoms with Crippen molar-refractivity contribution in [1.29, 1.82) is 0 Å². The van der Waals surface area contributed by atoms with E-state index in [0.717, 1.165) is 11.5 Å². The lowest BCUT2D eigenvalue weighted by atomic mass is 10.1. The maximum atomic E-state index is 5.82. The van der Waals surface area contributed by atoms with E-state index < -0.39 is 0 Å². The molecular weight excluding hydrogens is 132 g/mol. The molecular formula is C8H13Cl. The molecule has 0 nitrogen and oxygen atoms in total. The van der Waals surface area contributed by atoms with Gasteiger partial charge in [0, 0.05) is 5.03 Å². The number of halogens is 1. The minimum atomic E-state index is 0.477. The zero-order valence-electron chi connectivity index (χ0n) is 6.02. The van der Waals surface area contributed by atoms with E-state index in [0.29, 0.717) is 5.92 Å². The summed E-state index contributed by atoms with van der Waals surface area (Å²) in [6.07, 6.45) is 4.65. The molecule has 0 heterocycles. The summed E-state index contributed by atoms with van der Waals surface area (Å²) >= 11 is 5.82. The van der Waals surface area contributed by atoms with Crippen LogP contribution in [0.2, 0.25) is 0 Å². The van der Waals surface area contributed by atoms with Crippen LogP contribution in [0, 0.1) is 5.92 Å². The first kappa shape index (κ1) is 8.77. The summed E-state index contributed by atoms with van der Waals surface area (Å²) in [6.45, 7) is 7.77. The number of hydrogen-bond acceptors (Lipinski definition) is 0. The van der Waals surface area contributed by atoms with Crippen molar-refractivity contribution in [3.63, 3.8) is 0 Å². The van der Waals surface area contributed by atoms with Gasteiger partial charge in [-0.3, -0.25) is 0 Å². The van der Waals surface area contributed by atoms with Crippen molar-refractivity contribution < 1.29 is 0 Å². The second-order valence-corrected chi connectivity index (χ2v) is 2.53. The summed E-state index contributed by atoms with van der Waals surface area (Å²) < 4.78 is 0. The first-order chi connectivity index (χ1) is 4.22. The summed E-state index contributed by atoms with van der Waals surface area (Å²) in [4.78, 5) is 0. The number of hydrogen-bond donors (Lipinski definition) is 0. The minimum absolute atomic E-state index is 0.477. The second kappa shape index (κ2) is 4.63. The number of rotatable bonds is 3. The van der Waals surface area contributed by atoms with E-state index in [4.69, 9.17) is 11.6 Å². The smallest absolute Gasteiger partial charge is 0.0208 e. The molecule has 0 aromatic rings. The van der Waals surface area contributed by atoms with Gasteiger partial charge in [-0.05, 0) is 18.4 Å². The van der Waals surface area contributed by atoms with E-state index in [1.54, 1.807) is 6.08 Å². The van der Waals surface area contributed by atoms with Crippen LogP contribution in [0.15, 0.2) is 23.8 Å². The molecule has 0 saturated heterocycles. The fraction of sp³-hybridized carbons (Fsp3) is 0.500. The molecule has 0 amide bonds. The van der Waals surface area contributed by atoms with Crippen molar-refractivity contribution in [3.05, 3.63) is 23.8 Å². The Kier molecular flexibility index (Phi) is 4.51. The fourth-order valence-electron chi connectivity index (χ4n) is 0.472. The van der Waals surface area contributed by atoms with E-state index in [1.807, 2.05) is 6.08 Å². The van der Waals surface area contributed by atoms with Crippen LogP contribution in [-0.2, 0) is 0 Å². The van der Waals surface area contributed by atoms with Gasteiger partial charge >= 0.3 is 0 Å². The van der Waals surface area contributed by atoms with Gasteiger partial charge in [-0.2, -0.15) is 0 Å². The predicted molar refractivity (Wildman–Crippen MR) is 43.6 cm³/mol. The average molecular weight is 145 g/mol. The predicted octanol–water partition coefficient (Wildman–Crippen LogP) is 3.34. The van der Waals surface area contributed by atoms with Crippen LogP contribution in [0.1, 0.15) is 20.3 Å². The molecule has 0 aliphatic carbocycles. The molecule has 0 fully saturated rings. The van der Waals surface area contributed by atoms with Crippen molar-refractivity contribution in [2.75, 3.05) is 0 Å². The monoisotopic (exact) mass is 144 g/mol. The van der Waals surface area contributed by atoms with Gasteiger partial charge < -0.3 is 0 Å². The maximum Gasteiger partial charge on any atom is 0.0208 e. The Morgan fingerprint density at radius 1 is 1.78 bits per heavy atom.